The van der Waals surface area contributed by atoms with Gasteiger partial charge in [-0.05, 0) is 19.3 Å². The van der Waals surface area contributed by atoms with Crippen LogP contribution in [0, 0.1) is 0 Å². The van der Waals surface area contributed by atoms with Crippen molar-refractivity contribution in [2.75, 3.05) is 7.11 Å². The molecule has 0 atom stereocenters. The lowest BCUT2D eigenvalue weighted by atomic mass is 10.2. The third-order valence-electron chi connectivity index (χ3n) is 1.80. The summed E-state index contributed by atoms with van der Waals surface area (Å²) in [4.78, 5) is 24.4. The minimum atomic E-state index is -0.387. The Bertz CT molecular complexity index is 274. The summed E-state index contributed by atoms with van der Waals surface area (Å²) in [5, 5.41) is 0. The topological polar surface area (TPSA) is 55.7 Å². The molecule has 1 aliphatic carbocycles. The van der Waals surface area contributed by atoms with Gasteiger partial charge in [0.1, 0.15) is 0 Å². The Kier molecular flexibility index (Phi) is 2.77. The Morgan fingerprint density at radius 2 is 2.33 bits per heavy atom. The number of aliphatic imine (C=N–C) groups is 1. The number of hydrogen-bond acceptors (Lipinski definition) is 4. The van der Waals surface area contributed by atoms with Gasteiger partial charge in [0.25, 0.3) is 0 Å². The van der Waals surface area contributed by atoms with Gasteiger partial charge >= 0.3 is 5.97 Å². The molecule has 12 heavy (non-hydrogen) atoms. The van der Waals surface area contributed by atoms with E-state index in [0.717, 1.165) is 6.42 Å². The second-order valence-corrected chi connectivity index (χ2v) is 2.47. The van der Waals surface area contributed by atoms with E-state index in [1.807, 2.05) is 0 Å². The highest BCUT2D eigenvalue weighted by molar-refractivity contribution is 5.89. The van der Waals surface area contributed by atoms with Crippen molar-refractivity contribution in [1.29, 1.82) is 0 Å². The van der Waals surface area contributed by atoms with Crippen LogP contribution >= 0.6 is 0 Å². The summed E-state index contributed by atoms with van der Waals surface area (Å²) in [5.41, 5.74) is 1.04. The second-order valence-electron chi connectivity index (χ2n) is 2.47. The molecule has 0 bridgehead atoms. The fraction of sp³-hybridized carbons (Fsp3) is 0.500. The predicted molar refractivity (Wildman–Crippen MR) is 41.0 cm³/mol. The first kappa shape index (κ1) is 8.68. The Balaban J connectivity index is 2.90. The van der Waals surface area contributed by atoms with E-state index in [1.54, 1.807) is 0 Å². The third kappa shape index (κ3) is 1.60. The van der Waals surface area contributed by atoms with E-state index in [0.29, 0.717) is 24.1 Å². The van der Waals surface area contributed by atoms with Crippen LogP contribution in [0.25, 0.3) is 0 Å². The quantitative estimate of drug-likeness (QED) is 0.349. The van der Waals surface area contributed by atoms with Crippen LogP contribution < -0.4 is 0 Å². The first-order chi connectivity index (χ1) is 5.79. The standard InChI is InChI=1S/C8H9NO3/c1-12-8(11)6-3-2-4-7(6)9-5-10/h2-4H2,1H3. The SMILES string of the molecule is COC(=O)C1=C(N=C=O)CCC1. The molecule has 0 heterocycles. The zero-order valence-corrected chi connectivity index (χ0v) is 6.79. The van der Waals surface area contributed by atoms with Gasteiger partial charge in [-0.3, -0.25) is 0 Å². The van der Waals surface area contributed by atoms with Crippen LogP contribution in [0.1, 0.15) is 19.3 Å². The average molecular weight is 167 g/mol. The molecule has 64 valence electrons. The van der Waals surface area contributed by atoms with Crippen molar-refractivity contribution >= 4 is 12.0 Å². The lowest BCUT2D eigenvalue weighted by Crippen LogP contribution is -2.03. The van der Waals surface area contributed by atoms with E-state index < -0.39 is 0 Å². The maximum Gasteiger partial charge on any atom is 0.335 e. The first-order valence-electron chi connectivity index (χ1n) is 3.67. The molecule has 0 fully saturated rings. The first-order valence-corrected chi connectivity index (χ1v) is 3.67. The van der Waals surface area contributed by atoms with Crippen LogP contribution in [-0.4, -0.2) is 19.2 Å². The molecule has 0 radical (unpaired) electrons. The number of esters is 1. The van der Waals surface area contributed by atoms with Crippen molar-refractivity contribution in [2.24, 2.45) is 4.99 Å². The molecule has 0 saturated carbocycles. The van der Waals surface area contributed by atoms with Crippen LogP contribution in [0.4, 0.5) is 0 Å². The van der Waals surface area contributed by atoms with Gasteiger partial charge in [-0.1, -0.05) is 0 Å². The number of hydrogen-bond donors (Lipinski definition) is 0. The van der Waals surface area contributed by atoms with Crippen molar-refractivity contribution < 1.29 is 14.3 Å². The van der Waals surface area contributed by atoms with Crippen LogP contribution in [0.2, 0.25) is 0 Å². The van der Waals surface area contributed by atoms with Crippen LogP contribution in [-0.2, 0) is 14.3 Å². The molecule has 0 aromatic carbocycles. The Morgan fingerprint density at radius 1 is 1.58 bits per heavy atom. The van der Waals surface area contributed by atoms with Gasteiger partial charge in [-0.15, -0.1) is 0 Å². The molecule has 4 nitrogen and oxygen atoms in total. The maximum absolute atomic E-state index is 11.0. The molecule has 0 amide bonds. The fourth-order valence-corrected chi connectivity index (χ4v) is 1.25. The Labute approximate surface area is 69.9 Å². The number of isocyanates is 1. The predicted octanol–water partition coefficient (Wildman–Crippen LogP) is 0.933. The van der Waals surface area contributed by atoms with Crippen molar-refractivity contribution in [1.82, 2.24) is 0 Å². The van der Waals surface area contributed by atoms with Gasteiger partial charge < -0.3 is 4.74 Å². The fourth-order valence-electron chi connectivity index (χ4n) is 1.25. The van der Waals surface area contributed by atoms with E-state index in [9.17, 15) is 9.59 Å². The molecule has 0 aromatic heterocycles. The van der Waals surface area contributed by atoms with Gasteiger partial charge in [0.05, 0.1) is 18.4 Å². The monoisotopic (exact) mass is 167 g/mol. The number of methoxy groups -OCH3 is 1. The van der Waals surface area contributed by atoms with Gasteiger partial charge in [0, 0.05) is 0 Å². The summed E-state index contributed by atoms with van der Waals surface area (Å²) in [6, 6.07) is 0. The van der Waals surface area contributed by atoms with Gasteiger partial charge in [0.2, 0.25) is 6.08 Å². The lowest BCUT2D eigenvalue weighted by Gasteiger charge is -1.98. The van der Waals surface area contributed by atoms with Crippen molar-refractivity contribution in [3.05, 3.63) is 11.3 Å². The number of rotatable bonds is 2. The number of allylic oxidation sites excluding steroid dienone is 1. The van der Waals surface area contributed by atoms with Gasteiger partial charge in [0.15, 0.2) is 0 Å². The zero-order chi connectivity index (χ0) is 8.97. The highest BCUT2D eigenvalue weighted by Gasteiger charge is 2.20. The minimum absolute atomic E-state index is 0.387. The van der Waals surface area contributed by atoms with E-state index in [-0.39, 0.29) is 5.97 Å². The van der Waals surface area contributed by atoms with E-state index in [4.69, 9.17) is 0 Å². The molecule has 0 saturated heterocycles. The largest absolute Gasteiger partial charge is 0.466 e. The smallest absolute Gasteiger partial charge is 0.335 e. The number of carbonyl (C=O) groups is 1. The summed E-state index contributed by atoms with van der Waals surface area (Å²) >= 11 is 0. The van der Waals surface area contributed by atoms with Crippen molar-refractivity contribution in [2.45, 2.75) is 19.3 Å². The Morgan fingerprint density at radius 3 is 2.92 bits per heavy atom. The van der Waals surface area contributed by atoms with Crippen LogP contribution in [0.15, 0.2) is 16.3 Å². The van der Waals surface area contributed by atoms with E-state index in [1.165, 1.54) is 13.2 Å². The van der Waals surface area contributed by atoms with Crippen molar-refractivity contribution in [3.63, 3.8) is 0 Å². The molecular weight excluding hydrogens is 158 g/mol. The lowest BCUT2D eigenvalue weighted by molar-refractivity contribution is -0.136. The van der Waals surface area contributed by atoms with Crippen LogP contribution in [0.5, 0.6) is 0 Å². The van der Waals surface area contributed by atoms with Crippen LogP contribution in [0.3, 0.4) is 0 Å². The maximum atomic E-state index is 11.0. The second kappa shape index (κ2) is 3.83. The normalized spacial score (nSPS) is 15.8. The molecule has 0 aliphatic heterocycles. The van der Waals surface area contributed by atoms with E-state index in [2.05, 4.69) is 9.73 Å². The molecule has 1 rings (SSSR count). The summed E-state index contributed by atoms with van der Waals surface area (Å²) in [5.74, 6) is -0.387. The molecule has 4 heteroatoms. The molecule has 1 aliphatic rings. The highest BCUT2D eigenvalue weighted by atomic mass is 16.5. The van der Waals surface area contributed by atoms with Gasteiger partial charge in [-0.2, -0.15) is 4.99 Å². The summed E-state index contributed by atoms with van der Waals surface area (Å²) in [6.45, 7) is 0. The molecule has 0 spiro atoms. The number of carbonyl (C=O) groups excluding carboxylic acids is 2. The van der Waals surface area contributed by atoms with Gasteiger partial charge in [-0.25, -0.2) is 9.59 Å². The third-order valence-corrected chi connectivity index (χ3v) is 1.80. The molecule has 0 N–H and O–H groups in total. The molecule has 0 unspecified atom stereocenters. The van der Waals surface area contributed by atoms with Crippen molar-refractivity contribution in [3.8, 4) is 0 Å². The number of nitrogens with zero attached hydrogens (tertiary/aromatic N) is 1. The van der Waals surface area contributed by atoms with E-state index >= 15 is 0 Å². The summed E-state index contributed by atoms with van der Waals surface area (Å²) < 4.78 is 4.52. The zero-order valence-electron chi connectivity index (χ0n) is 6.79. The number of ether oxygens (including phenoxy) is 1. The summed E-state index contributed by atoms with van der Waals surface area (Å²) in [6.07, 6.45) is 3.59. The average Bonchev–Trinajstić information content (AvgIpc) is 2.52. The summed E-state index contributed by atoms with van der Waals surface area (Å²) in [7, 11) is 1.32. The molecular formula is C8H9NO3. The molecule has 0 aromatic rings. The highest BCUT2D eigenvalue weighted by Crippen LogP contribution is 2.27. The Hall–Kier alpha value is -1.41. The minimum Gasteiger partial charge on any atom is -0.466 e.